The lowest BCUT2D eigenvalue weighted by molar-refractivity contribution is 0.687. The van der Waals surface area contributed by atoms with Crippen molar-refractivity contribution in [3.8, 4) is 0 Å². The van der Waals surface area contributed by atoms with Gasteiger partial charge >= 0.3 is 0 Å². The van der Waals surface area contributed by atoms with Gasteiger partial charge in [0.1, 0.15) is 5.82 Å². The molecule has 0 saturated carbocycles. The molecule has 0 spiro atoms. The summed E-state index contributed by atoms with van der Waals surface area (Å²) in [5, 5.41) is 3.99. The van der Waals surface area contributed by atoms with Gasteiger partial charge in [0.15, 0.2) is 0 Å². The van der Waals surface area contributed by atoms with E-state index in [2.05, 4.69) is 44.4 Å². The predicted octanol–water partition coefficient (Wildman–Crippen LogP) is 5.12. The SMILES string of the molecule is Clc1cc(Br)cnc1Nc1cccc2c1CCCC2. The molecule has 1 aliphatic rings. The largest absolute Gasteiger partial charge is 0.339 e. The van der Waals surface area contributed by atoms with Gasteiger partial charge in [0.2, 0.25) is 0 Å². The Balaban J connectivity index is 1.95. The minimum absolute atomic E-state index is 0.628. The summed E-state index contributed by atoms with van der Waals surface area (Å²) in [6.45, 7) is 0. The van der Waals surface area contributed by atoms with E-state index in [1.807, 2.05) is 6.07 Å². The third kappa shape index (κ3) is 2.77. The first-order chi connectivity index (χ1) is 9.24. The van der Waals surface area contributed by atoms with E-state index in [1.54, 1.807) is 6.20 Å². The van der Waals surface area contributed by atoms with Crippen LogP contribution in [0.2, 0.25) is 5.02 Å². The van der Waals surface area contributed by atoms with Gasteiger partial charge in [-0.2, -0.15) is 0 Å². The van der Waals surface area contributed by atoms with Gasteiger partial charge in [0.25, 0.3) is 0 Å². The Bertz CT molecular complexity index is 613. The van der Waals surface area contributed by atoms with Gasteiger partial charge in [-0.3, -0.25) is 0 Å². The van der Waals surface area contributed by atoms with E-state index in [-0.39, 0.29) is 0 Å². The zero-order chi connectivity index (χ0) is 13.2. The number of fused-ring (bicyclic) bond motifs is 1. The summed E-state index contributed by atoms with van der Waals surface area (Å²) in [5.41, 5.74) is 3.99. The number of nitrogens with one attached hydrogen (secondary N) is 1. The van der Waals surface area contributed by atoms with Crippen molar-refractivity contribution >= 4 is 39.0 Å². The molecular weight excluding hydrogens is 324 g/mol. The van der Waals surface area contributed by atoms with Gasteiger partial charge < -0.3 is 5.32 Å². The lowest BCUT2D eigenvalue weighted by atomic mass is 9.90. The molecule has 0 radical (unpaired) electrons. The topological polar surface area (TPSA) is 24.9 Å². The summed E-state index contributed by atoms with van der Waals surface area (Å²) < 4.78 is 0.887. The van der Waals surface area contributed by atoms with Crippen LogP contribution in [0.15, 0.2) is 34.9 Å². The zero-order valence-electron chi connectivity index (χ0n) is 10.4. The molecule has 0 saturated heterocycles. The normalized spacial score (nSPS) is 14.0. The molecule has 1 aliphatic carbocycles. The Hall–Kier alpha value is -1.06. The number of hydrogen-bond donors (Lipinski definition) is 1. The zero-order valence-corrected chi connectivity index (χ0v) is 12.8. The third-order valence-electron chi connectivity index (χ3n) is 3.46. The van der Waals surface area contributed by atoms with E-state index < -0.39 is 0 Å². The molecule has 19 heavy (non-hydrogen) atoms. The van der Waals surface area contributed by atoms with Crippen LogP contribution < -0.4 is 5.32 Å². The molecule has 98 valence electrons. The summed E-state index contributed by atoms with van der Waals surface area (Å²) in [7, 11) is 0. The molecule has 1 heterocycles. The van der Waals surface area contributed by atoms with Crippen LogP contribution in [0.1, 0.15) is 24.0 Å². The Labute approximate surface area is 126 Å². The van der Waals surface area contributed by atoms with Crippen LogP contribution in [0.4, 0.5) is 11.5 Å². The highest BCUT2D eigenvalue weighted by Crippen LogP contribution is 2.32. The minimum atomic E-state index is 0.628. The predicted molar refractivity (Wildman–Crippen MR) is 83.3 cm³/mol. The first kappa shape index (κ1) is 12.9. The summed E-state index contributed by atoms with van der Waals surface area (Å²) >= 11 is 9.57. The van der Waals surface area contributed by atoms with E-state index in [4.69, 9.17) is 11.6 Å². The first-order valence-corrected chi connectivity index (χ1v) is 7.60. The van der Waals surface area contributed by atoms with Crippen molar-refractivity contribution in [2.45, 2.75) is 25.7 Å². The van der Waals surface area contributed by atoms with Crippen LogP contribution in [0, 0.1) is 0 Å². The van der Waals surface area contributed by atoms with E-state index >= 15 is 0 Å². The molecule has 1 aromatic carbocycles. The Morgan fingerprint density at radius 2 is 2.05 bits per heavy atom. The van der Waals surface area contributed by atoms with Crippen LogP contribution in [0.3, 0.4) is 0 Å². The smallest absolute Gasteiger partial charge is 0.149 e. The number of nitrogens with zero attached hydrogens (tertiary/aromatic N) is 1. The third-order valence-corrected chi connectivity index (χ3v) is 4.18. The molecule has 4 heteroatoms. The van der Waals surface area contributed by atoms with Crippen LogP contribution in [-0.4, -0.2) is 4.98 Å². The minimum Gasteiger partial charge on any atom is -0.339 e. The average molecular weight is 338 g/mol. The lowest BCUT2D eigenvalue weighted by Crippen LogP contribution is -2.06. The fourth-order valence-corrected chi connectivity index (χ4v) is 3.21. The molecular formula is C15H14BrClN2. The maximum atomic E-state index is 6.21. The monoisotopic (exact) mass is 336 g/mol. The number of hydrogen-bond acceptors (Lipinski definition) is 2. The van der Waals surface area contributed by atoms with Crippen molar-refractivity contribution in [1.82, 2.24) is 4.98 Å². The van der Waals surface area contributed by atoms with Crippen molar-refractivity contribution in [3.05, 3.63) is 51.1 Å². The van der Waals surface area contributed by atoms with Gasteiger partial charge in [0, 0.05) is 16.4 Å². The van der Waals surface area contributed by atoms with Crippen LogP contribution in [0.25, 0.3) is 0 Å². The standard InChI is InChI=1S/C15H14BrClN2/c16-11-8-13(17)15(18-9-11)19-14-7-3-5-10-4-1-2-6-12(10)14/h3,5,7-9H,1-2,4,6H2,(H,18,19). The molecule has 0 amide bonds. The maximum absolute atomic E-state index is 6.21. The fraction of sp³-hybridized carbons (Fsp3) is 0.267. The molecule has 0 bridgehead atoms. The highest BCUT2D eigenvalue weighted by Gasteiger charge is 2.14. The number of rotatable bonds is 2. The summed E-state index contributed by atoms with van der Waals surface area (Å²) in [6, 6.07) is 8.27. The molecule has 0 unspecified atom stereocenters. The molecule has 0 atom stereocenters. The van der Waals surface area contributed by atoms with E-state index in [0.29, 0.717) is 10.8 Å². The lowest BCUT2D eigenvalue weighted by Gasteiger charge is -2.20. The second-order valence-corrected chi connectivity index (χ2v) is 6.08. The summed E-state index contributed by atoms with van der Waals surface area (Å²) in [6.07, 6.45) is 6.60. The molecule has 1 N–H and O–H groups in total. The molecule has 2 nitrogen and oxygen atoms in total. The fourth-order valence-electron chi connectivity index (χ4n) is 2.53. The Morgan fingerprint density at radius 3 is 2.89 bits per heavy atom. The van der Waals surface area contributed by atoms with Crippen LogP contribution in [0.5, 0.6) is 0 Å². The van der Waals surface area contributed by atoms with Crippen molar-refractivity contribution < 1.29 is 0 Å². The number of anilines is 2. The van der Waals surface area contributed by atoms with Crippen molar-refractivity contribution in [3.63, 3.8) is 0 Å². The van der Waals surface area contributed by atoms with E-state index in [1.165, 1.54) is 30.4 Å². The number of aryl methyl sites for hydroxylation is 1. The second kappa shape index (κ2) is 5.51. The van der Waals surface area contributed by atoms with Gasteiger partial charge in [-0.25, -0.2) is 4.98 Å². The molecule has 1 aromatic heterocycles. The average Bonchev–Trinajstić information content (AvgIpc) is 2.42. The molecule has 0 fully saturated rings. The maximum Gasteiger partial charge on any atom is 0.149 e. The number of aromatic nitrogens is 1. The second-order valence-electron chi connectivity index (χ2n) is 4.76. The number of benzene rings is 1. The van der Waals surface area contributed by atoms with Crippen molar-refractivity contribution in [2.75, 3.05) is 5.32 Å². The van der Waals surface area contributed by atoms with Gasteiger partial charge in [0.05, 0.1) is 5.02 Å². The van der Waals surface area contributed by atoms with Gasteiger partial charge in [-0.15, -0.1) is 0 Å². The number of halogens is 2. The molecule has 2 aromatic rings. The van der Waals surface area contributed by atoms with E-state index in [0.717, 1.165) is 16.6 Å². The molecule has 3 rings (SSSR count). The highest BCUT2D eigenvalue weighted by atomic mass is 79.9. The highest BCUT2D eigenvalue weighted by molar-refractivity contribution is 9.10. The van der Waals surface area contributed by atoms with E-state index in [9.17, 15) is 0 Å². The first-order valence-electron chi connectivity index (χ1n) is 6.43. The summed E-state index contributed by atoms with van der Waals surface area (Å²) in [4.78, 5) is 4.33. The van der Waals surface area contributed by atoms with Gasteiger partial charge in [-0.05, 0) is 64.9 Å². The number of pyridine rings is 1. The van der Waals surface area contributed by atoms with Crippen LogP contribution >= 0.6 is 27.5 Å². The van der Waals surface area contributed by atoms with Crippen molar-refractivity contribution in [1.29, 1.82) is 0 Å². The Morgan fingerprint density at radius 1 is 1.21 bits per heavy atom. The molecule has 0 aliphatic heterocycles. The quantitative estimate of drug-likeness (QED) is 0.822. The Kier molecular flexibility index (Phi) is 3.76. The van der Waals surface area contributed by atoms with Crippen molar-refractivity contribution in [2.24, 2.45) is 0 Å². The van der Waals surface area contributed by atoms with Crippen LogP contribution in [-0.2, 0) is 12.8 Å². The summed E-state index contributed by atoms with van der Waals surface area (Å²) in [5.74, 6) is 0.712. The van der Waals surface area contributed by atoms with Gasteiger partial charge in [-0.1, -0.05) is 23.7 Å².